The highest BCUT2D eigenvalue weighted by Crippen LogP contribution is 2.44. The van der Waals surface area contributed by atoms with Crippen molar-refractivity contribution in [1.82, 2.24) is 4.90 Å². The maximum absolute atomic E-state index is 11.7. The van der Waals surface area contributed by atoms with Crippen molar-refractivity contribution in [1.29, 1.82) is 0 Å². The van der Waals surface area contributed by atoms with E-state index < -0.39 is 17.1 Å². The van der Waals surface area contributed by atoms with Crippen LogP contribution >= 0.6 is 0 Å². The van der Waals surface area contributed by atoms with Gasteiger partial charge in [-0.05, 0) is 20.8 Å². The summed E-state index contributed by atoms with van der Waals surface area (Å²) in [6.07, 6.45) is -0.362. The molecule has 0 bridgehead atoms. The molecule has 1 heterocycles. The van der Waals surface area contributed by atoms with Crippen LogP contribution in [0.5, 0.6) is 0 Å². The first kappa shape index (κ1) is 12.4. The number of rotatable bonds is 0. The molecule has 1 N–H and O–H groups in total. The zero-order valence-corrected chi connectivity index (χ0v) is 10.5. The number of hydrogen-bond donors (Lipinski definition) is 1. The molecule has 5 nitrogen and oxygen atoms in total. The summed E-state index contributed by atoms with van der Waals surface area (Å²) < 4.78 is 5.23. The molecule has 1 spiro atoms. The van der Waals surface area contributed by atoms with Gasteiger partial charge >= 0.3 is 6.09 Å². The summed E-state index contributed by atoms with van der Waals surface area (Å²) in [5.74, 6) is 0.0846. The molecule has 1 saturated heterocycles. The molecule has 1 aliphatic heterocycles. The molecule has 2 fully saturated rings. The summed E-state index contributed by atoms with van der Waals surface area (Å²) in [5, 5.41) is 9.80. The number of ether oxygens (including phenoxy) is 1. The lowest BCUT2D eigenvalue weighted by Gasteiger charge is -2.49. The molecule has 0 aromatic rings. The third-order valence-corrected chi connectivity index (χ3v) is 3.34. The minimum absolute atomic E-state index is 0.0846. The van der Waals surface area contributed by atoms with Crippen molar-refractivity contribution in [3.05, 3.63) is 0 Å². The van der Waals surface area contributed by atoms with Crippen molar-refractivity contribution in [2.24, 2.45) is 5.41 Å². The summed E-state index contributed by atoms with van der Waals surface area (Å²) >= 11 is 0. The number of likely N-dealkylation sites (tertiary alicyclic amines) is 1. The predicted molar refractivity (Wildman–Crippen MR) is 60.5 cm³/mol. The van der Waals surface area contributed by atoms with Crippen LogP contribution in [-0.2, 0) is 9.53 Å². The molecule has 0 aromatic carbocycles. The summed E-state index contributed by atoms with van der Waals surface area (Å²) in [7, 11) is 0. The smallest absolute Gasteiger partial charge is 0.410 e. The van der Waals surface area contributed by atoms with E-state index in [1.165, 1.54) is 0 Å². The van der Waals surface area contributed by atoms with Crippen molar-refractivity contribution < 1.29 is 19.4 Å². The van der Waals surface area contributed by atoms with Crippen molar-refractivity contribution in [2.75, 3.05) is 13.1 Å². The van der Waals surface area contributed by atoms with Crippen LogP contribution < -0.4 is 0 Å². The highest BCUT2D eigenvalue weighted by atomic mass is 16.6. The van der Waals surface area contributed by atoms with Crippen molar-refractivity contribution in [2.45, 2.75) is 45.3 Å². The number of amides is 1. The molecule has 0 radical (unpaired) electrons. The Bertz CT molecular complexity index is 352. The molecule has 1 amide bonds. The van der Waals surface area contributed by atoms with Gasteiger partial charge < -0.3 is 14.7 Å². The first-order valence-corrected chi connectivity index (χ1v) is 5.90. The topological polar surface area (TPSA) is 66.8 Å². The molecular formula is C12H19NO4. The second kappa shape index (κ2) is 3.70. The van der Waals surface area contributed by atoms with Gasteiger partial charge in [0.1, 0.15) is 11.4 Å². The standard InChI is InChI=1S/C12H19NO4/c1-11(2,3)17-10(16)13-6-12(7-13)5-8(14)4-9(12)15/h9,15H,4-7H2,1-3H3. The molecule has 1 unspecified atom stereocenters. The largest absolute Gasteiger partial charge is 0.444 e. The number of aliphatic hydroxyl groups is 1. The SMILES string of the molecule is CC(C)(C)OC(=O)N1CC2(CC(=O)CC2O)C1. The van der Waals surface area contributed by atoms with E-state index >= 15 is 0 Å². The number of carbonyl (C=O) groups is 2. The van der Waals surface area contributed by atoms with Gasteiger partial charge in [-0.15, -0.1) is 0 Å². The van der Waals surface area contributed by atoms with Crippen LogP contribution in [0.25, 0.3) is 0 Å². The number of Topliss-reactive ketones (excluding diaryl/α,β-unsaturated/α-hetero) is 1. The van der Waals surface area contributed by atoms with Gasteiger partial charge in [0.15, 0.2) is 0 Å². The molecule has 17 heavy (non-hydrogen) atoms. The Kier molecular flexibility index (Phi) is 2.69. The van der Waals surface area contributed by atoms with Crippen molar-refractivity contribution >= 4 is 11.9 Å². The molecule has 5 heteroatoms. The van der Waals surface area contributed by atoms with E-state index in [4.69, 9.17) is 4.74 Å². The molecule has 1 atom stereocenters. The van der Waals surface area contributed by atoms with Crippen molar-refractivity contribution in [3.63, 3.8) is 0 Å². The van der Waals surface area contributed by atoms with Gasteiger partial charge in [-0.2, -0.15) is 0 Å². The van der Waals surface area contributed by atoms with Gasteiger partial charge in [0.05, 0.1) is 6.10 Å². The van der Waals surface area contributed by atoms with Gasteiger partial charge in [-0.3, -0.25) is 4.79 Å². The first-order chi connectivity index (χ1) is 7.72. The summed E-state index contributed by atoms with van der Waals surface area (Å²) in [4.78, 5) is 24.5. The zero-order valence-electron chi connectivity index (χ0n) is 10.5. The second-order valence-electron chi connectivity index (χ2n) is 6.13. The molecular weight excluding hydrogens is 222 g/mol. The molecule has 1 saturated carbocycles. The number of hydrogen-bond acceptors (Lipinski definition) is 4. The van der Waals surface area contributed by atoms with Crippen LogP contribution in [-0.4, -0.2) is 46.7 Å². The fourth-order valence-corrected chi connectivity index (χ4v) is 2.51. The Balaban J connectivity index is 1.90. The van der Waals surface area contributed by atoms with Crippen LogP contribution in [0.2, 0.25) is 0 Å². The third kappa shape index (κ3) is 2.29. The number of nitrogens with zero attached hydrogens (tertiary/aromatic N) is 1. The normalized spacial score (nSPS) is 27.2. The monoisotopic (exact) mass is 241 g/mol. The average Bonchev–Trinajstić information content (AvgIpc) is 2.34. The summed E-state index contributed by atoms with van der Waals surface area (Å²) in [5.41, 5.74) is -0.905. The number of carbonyl (C=O) groups excluding carboxylic acids is 2. The predicted octanol–water partition coefficient (Wildman–Crippen LogP) is 0.947. The Labute approximate surface area is 101 Å². The first-order valence-electron chi connectivity index (χ1n) is 5.90. The Morgan fingerprint density at radius 1 is 1.47 bits per heavy atom. The van der Waals surface area contributed by atoms with E-state index in [-0.39, 0.29) is 18.3 Å². The van der Waals surface area contributed by atoms with Crippen LogP contribution in [0.3, 0.4) is 0 Å². The molecule has 2 aliphatic rings. The Morgan fingerprint density at radius 3 is 2.47 bits per heavy atom. The Morgan fingerprint density at radius 2 is 2.06 bits per heavy atom. The minimum atomic E-state index is -0.603. The van der Waals surface area contributed by atoms with Crippen molar-refractivity contribution in [3.8, 4) is 0 Å². The van der Waals surface area contributed by atoms with Crippen LogP contribution in [0, 0.1) is 5.41 Å². The highest BCUT2D eigenvalue weighted by Gasteiger charge is 2.55. The van der Waals surface area contributed by atoms with Crippen LogP contribution in [0.1, 0.15) is 33.6 Å². The van der Waals surface area contributed by atoms with Gasteiger partial charge in [0.2, 0.25) is 0 Å². The van der Waals surface area contributed by atoms with Gasteiger partial charge in [-0.1, -0.05) is 0 Å². The average molecular weight is 241 g/mol. The lowest BCUT2D eigenvalue weighted by atomic mass is 9.76. The third-order valence-electron chi connectivity index (χ3n) is 3.34. The van der Waals surface area contributed by atoms with E-state index in [0.29, 0.717) is 19.5 Å². The maximum atomic E-state index is 11.7. The maximum Gasteiger partial charge on any atom is 0.410 e. The van der Waals surface area contributed by atoms with E-state index in [9.17, 15) is 14.7 Å². The van der Waals surface area contributed by atoms with Crippen LogP contribution in [0.4, 0.5) is 4.79 Å². The summed E-state index contributed by atoms with van der Waals surface area (Å²) in [6, 6.07) is 0. The zero-order chi connectivity index (χ0) is 12.8. The van der Waals surface area contributed by atoms with E-state index in [1.807, 2.05) is 20.8 Å². The molecule has 2 rings (SSSR count). The number of aliphatic hydroxyl groups excluding tert-OH is 1. The Hall–Kier alpha value is -1.10. The van der Waals surface area contributed by atoms with Gasteiger partial charge in [0, 0.05) is 31.3 Å². The van der Waals surface area contributed by atoms with Gasteiger partial charge in [-0.25, -0.2) is 4.79 Å². The van der Waals surface area contributed by atoms with Gasteiger partial charge in [0.25, 0.3) is 0 Å². The lowest BCUT2D eigenvalue weighted by molar-refractivity contribution is -0.119. The number of ketones is 1. The van der Waals surface area contributed by atoms with Crippen LogP contribution in [0.15, 0.2) is 0 Å². The molecule has 1 aliphatic carbocycles. The van der Waals surface area contributed by atoms with E-state index in [2.05, 4.69) is 0 Å². The quantitative estimate of drug-likeness (QED) is 0.685. The fraction of sp³-hybridized carbons (Fsp3) is 0.833. The molecule has 0 aromatic heterocycles. The highest BCUT2D eigenvalue weighted by molar-refractivity contribution is 5.83. The molecule has 96 valence electrons. The minimum Gasteiger partial charge on any atom is -0.444 e. The second-order valence-corrected chi connectivity index (χ2v) is 6.13. The lowest BCUT2D eigenvalue weighted by Crippen LogP contribution is -2.62. The fourth-order valence-electron chi connectivity index (χ4n) is 2.51. The van der Waals surface area contributed by atoms with E-state index in [0.717, 1.165) is 0 Å². The van der Waals surface area contributed by atoms with E-state index in [1.54, 1.807) is 4.90 Å². The summed E-state index contributed by atoms with van der Waals surface area (Å²) in [6.45, 7) is 6.29.